The molecule has 10 heteroatoms. The second kappa shape index (κ2) is 10.5. The molecule has 4 rings (SSSR count). The van der Waals surface area contributed by atoms with Gasteiger partial charge in [-0.2, -0.15) is 4.31 Å². The molecule has 186 valence electrons. The highest BCUT2D eigenvalue weighted by Crippen LogP contribution is 2.40. The molecular formula is C25H27ClN2O6S. The minimum atomic E-state index is -3.64. The van der Waals surface area contributed by atoms with Crippen LogP contribution in [0.4, 0.5) is 0 Å². The fourth-order valence-corrected chi connectivity index (χ4v) is 6.23. The first-order valence-electron chi connectivity index (χ1n) is 11.4. The van der Waals surface area contributed by atoms with Gasteiger partial charge in [0.05, 0.1) is 23.1 Å². The van der Waals surface area contributed by atoms with Crippen molar-refractivity contribution in [3.63, 3.8) is 0 Å². The molecule has 1 amide bonds. The van der Waals surface area contributed by atoms with E-state index in [0.717, 1.165) is 19.3 Å². The van der Waals surface area contributed by atoms with Crippen molar-refractivity contribution in [2.75, 3.05) is 33.4 Å². The maximum atomic E-state index is 13.0. The third kappa shape index (κ3) is 4.99. The number of sulfonamides is 1. The fourth-order valence-electron chi connectivity index (χ4n) is 4.52. The number of aliphatic hydroxyl groups is 1. The highest BCUT2D eigenvalue weighted by atomic mass is 35.5. The van der Waals surface area contributed by atoms with E-state index in [-0.39, 0.29) is 34.9 Å². The van der Waals surface area contributed by atoms with Crippen LogP contribution in [-0.2, 0) is 24.3 Å². The first-order chi connectivity index (χ1) is 16.8. The molecule has 0 bridgehead atoms. The number of methoxy groups -OCH3 is 1. The molecule has 2 aromatic carbocycles. The summed E-state index contributed by atoms with van der Waals surface area (Å²) in [4.78, 5) is 27.3. The van der Waals surface area contributed by atoms with Gasteiger partial charge in [0, 0.05) is 37.3 Å². The first kappa shape index (κ1) is 25.4. The molecule has 2 saturated heterocycles. The van der Waals surface area contributed by atoms with E-state index in [1.807, 2.05) is 0 Å². The van der Waals surface area contributed by atoms with E-state index >= 15 is 0 Å². The lowest BCUT2D eigenvalue weighted by atomic mass is 9.95. The molecule has 0 aromatic heterocycles. The van der Waals surface area contributed by atoms with E-state index < -0.39 is 27.8 Å². The normalized spacial score (nSPS) is 21.0. The molecule has 8 nitrogen and oxygen atoms in total. The number of carbonyl (C=O) groups excluding carboxylic acids is 2. The zero-order valence-corrected chi connectivity index (χ0v) is 20.9. The Morgan fingerprint density at radius 3 is 2.40 bits per heavy atom. The van der Waals surface area contributed by atoms with Crippen LogP contribution in [0.5, 0.6) is 0 Å². The molecule has 1 atom stereocenters. The number of ketones is 1. The number of rotatable bonds is 7. The summed E-state index contributed by atoms with van der Waals surface area (Å²) in [5, 5.41) is 11.6. The van der Waals surface area contributed by atoms with Gasteiger partial charge in [-0.3, -0.25) is 9.59 Å². The number of carbonyl (C=O) groups is 2. The number of likely N-dealkylation sites (tertiary alicyclic amines) is 1. The molecular weight excluding hydrogens is 492 g/mol. The van der Waals surface area contributed by atoms with Gasteiger partial charge in [-0.25, -0.2) is 8.42 Å². The van der Waals surface area contributed by atoms with Gasteiger partial charge in [0.1, 0.15) is 5.76 Å². The average Bonchev–Trinajstić information content (AvgIpc) is 3.12. The molecule has 0 spiro atoms. The van der Waals surface area contributed by atoms with Gasteiger partial charge in [-0.1, -0.05) is 30.2 Å². The highest BCUT2D eigenvalue weighted by Gasteiger charge is 2.46. The lowest BCUT2D eigenvalue weighted by Gasteiger charge is -2.26. The largest absolute Gasteiger partial charge is 0.507 e. The van der Waals surface area contributed by atoms with Crippen LogP contribution in [0.3, 0.4) is 0 Å². The summed E-state index contributed by atoms with van der Waals surface area (Å²) >= 11 is 6.16. The Balaban J connectivity index is 1.74. The number of hydrogen-bond donors (Lipinski definition) is 1. The average molecular weight is 519 g/mol. The van der Waals surface area contributed by atoms with Crippen LogP contribution >= 0.6 is 11.6 Å². The third-order valence-corrected chi connectivity index (χ3v) is 8.47. The van der Waals surface area contributed by atoms with Gasteiger partial charge in [0.2, 0.25) is 10.0 Å². The topological polar surface area (TPSA) is 104 Å². The summed E-state index contributed by atoms with van der Waals surface area (Å²) in [7, 11) is -2.15. The van der Waals surface area contributed by atoms with Crippen molar-refractivity contribution in [2.45, 2.75) is 30.2 Å². The number of ether oxygens (including phenoxy) is 1. The van der Waals surface area contributed by atoms with Gasteiger partial charge < -0.3 is 14.7 Å². The SMILES string of the molecule is COCCN1C(=O)C(=O)C(=C(O)c2ccc(S(=O)(=O)N3CCCCC3)cc2)[C@H]1c1cccc(Cl)c1. The van der Waals surface area contributed by atoms with E-state index in [1.54, 1.807) is 24.3 Å². The van der Waals surface area contributed by atoms with Crippen LogP contribution in [0.1, 0.15) is 36.4 Å². The Kier molecular flexibility index (Phi) is 7.61. The van der Waals surface area contributed by atoms with Crippen molar-refractivity contribution >= 4 is 39.1 Å². The second-order valence-corrected chi connectivity index (χ2v) is 10.9. The molecule has 2 aliphatic heterocycles. The van der Waals surface area contributed by atoms with Crippen molar-refractivity contribution < 1.29 is 27.9 Å². The van der Waals surface area contributed by atoms with E-state index in [2.05, 4.69) is 0 Å². The van der Waals surface area contributed by atoms with Crippen molar-refractivity contribution in [1.82, 2.24) is 9.21 Å². The number of halogens is 1. The van der Waals surface area contributed by atoms with E-state index in [4.69, 9.17) is 16.3 Å². The maximum Gasteiger partial charge on any atom is 0.295 e. The number of amides is 1. The highest BCUT2D eigenvalue weighted by molar-refractivity contribution is 7.89. The number of piperidine rings is 1. The molecule has 2 aromatic rings. The lowest BCUT2D eigenvalue weighted by Crippen LogP contribution is -2.35. The van der Waals surface area contributed by atoms with Crippen LogP contribution < -0.4 is 0 Å². The molecule has 0 unspecified atom stereocenters. The monoisotopic (exact) mass is 518 g/mol. The zero-order valence-electron chi connectivity index (χ0n) is 19.3. The number of aliphatic hydroxyl groups excluding tert-OH is 1. The number of nitrogens with zero attached hydrogens (tertiary/aromatic N) is 2. The molecule has 0 aliphatic carbocycles. The van der Waals surface area contributed by atoms with Gasteiger partial charge in [-0.05, 0) is 54.8 Å². The van der Waals surface area contributed by atoms with Gasteiger partial charge >= 0.3 is 0 Å². The van der Waals surface area contributed by atoms with Crippen molar-refractivity contribution in [3.8, 4) is 0 Å². The molecule has 0 saturated carbocycles. The molecule has 2 aliphatic rings. The van der Waals surface area contributed by atoms with E-state index in [9.17, 15) is 23.1 Å². The van der Waals surface area contributed by atoms with E-state index in [0.29, 0.717) is 23.7 Å². The Labute approximate surface area is 209 Å². The molecule has 35 heavy (non-hydrogen) atoms. The summed E-state index contributed by atoms with van der Waals surface area (Å²) in [6.45, 7) is 1.30. The Hall–Kier alpha value is -2.72. The summed E-state index contributed by atoms with van der Waals surface area (Å²) < 4.78 is 32.5. The van der Waals surface area contributed by atoms with Crippen LogP contribution in [0, 0.1) is 0 Å². The minimum absolute atomic E-state index is 0.0833. The summed E-state index contributed by atoms with van der Waals surface area (Å²) in [5.74, 6) is -1.96. The molecule has 2 heterocycles. The van der Waals surface area contributed by atoms with Crippen molar-refractivity contribution in [3.05, 3.63) is 70.3 Å². The minimum Gasteiger partial charge on any atom is -0.507 e. The number of hydrogen-bond acceptors (Lipinski definition) is 6. The number of benzene rings is 2. The predicted octanol–water partition coefficient (Wildman–Crippen LogP) is 3.58. The quantitative estimate of drug-likeness (QED) is 0.341. The van der Waals surface area contributed by atoms with Crippen LogP contribution in [-0.4, -0.2) is 67.8 Å². The lowest BCUT2D eigenvalue weighted by molar-refractivity contribution is -0.140. The predicted molar refractivity (Wildman–Crippen MR) is 131 cm³/mol. The standard InChI is InChI=1S/C25H27ClN2O6S/c1-34-15-14-28-22(18-6-5-7-19(26)16-18)21(24(30)25(28)31)23(29)17-8-10-20(11-9-17)35(32,33)27-12-3-2-4-13-27/h5-11,16,22,29H,2-4,12-15H2,1H3/t22-/m1/s1. The Morgan fingerprint density at radius 2 is 1.77 bits per heavy atom. The second-order valence-electron chi connectivity index (χ2n) is 8.53. The molecule has 0 radical (unpaired) electrons. The molecule has 2 fully saturated rings. The Morgan fingerprint density at radius 1 is 1.09 bits per heavy atom. The maximum absolute atomic E-state index is 13.0. The van der Waals surface area contributed by atoms with Crippen molar-refractivity contribution in [2.24, 2.45) is 0 Å². The van der Waals surface area contributed by atoms with Gasteiger partial charge in [0.25, 0.3) is 11.7 Å². The zero-order chi connectivity index (χ0) is 25.2. The fraction of sp³-hybridized carbons (Fsp3) is 0.360. The first-order valence-corrected chi connectivity index (χ1v) is 13.2. The third-order valence-electron chi connectivity index (χ3n) is 6.32. The van der Waals surface area contributed by atoms with Gasteiger partial charge in [0.15, 0.2) is 0 Å². The van der Waals surface area contributed by atoms with Crippen molar-refractivity contribution in [1.29, 1.82) is 0 Å². The number of Topliss-reactive ketones (excluding diaryl/α,β-unsaturated/α-hetero) is 1. The smallest absolute Gasteiger partial charge is 0.295 e. The summed E-state index contributed by atoms with van der Waals surface area (Å²) in [6, 6.07) is 11.6. The summed E-state index contributed by atoms with van der Waals surface area (Å²) in [6.07, 6.45) is 2.66. The molecule has 1 N–H and O–H groups in total. The van der Waals surface area contributed by atoms with Gasteiger partial charge in [-0.15, -0.1) is 0 Å². The summed E-state index contributed by atoms with van der Waals surface area (Å²) in [5.41, 5.74) is 0.720. The van der Waals surface area contributed by atoms with Crippen LogP contribution in [0.2, 0.25) is 5.02 Å². The van der Waals surface area contributed by atoms with Crippen LogP contribution in [0.25, 0.3) is 5.76 Å². The Bertz CT molecular complexity index is 1250. The van der Waals surface area contributed by atoms with E-state index in [1.165, 1.54) is 40.6 Å². The van der Waals surface area contributed by atoms with Crippen LogP contribution in [0.15, 0.2) is 59.0 Å².